The number of nitrogens with two attached hydrogens (primary N) is 1. The highest BCUT2D eigenvalue weighted by molar-refractivity contribution is 5.76. The Labute approximate surface area is 229 Å². The van der Waals surface area contributed by atoms with E-state index in [1.54, 1.807) is 62.3 Å². The van der Waals surface area contributed by atoms with Gasteiger partial charge in [0.2, 0.25) is 0 Å². The minimum absolute atomic E-state index is 0.0163. The Morgan fingerprint density at radius 3 is 1.69 bits per heavy atom. The molecule has 1 aromatic carbocycles. The van der Waals surface area contributed by atoms with Crippen molar-refractivity contribution in [3.05, 3.63) is 23.8 Å². The lowest BCUT2D eigenvalue weighted by atomic mass is 10.1. The molecule has 0 saturated heterocycles. The van der Waals surface area contributed by atoms with Crippen LogP contribution in [0.2, 0.25) is 0 Å². The molecule has 0 aliphatic heterocycles. The van der Waals surface area contributed by atoms with E-state index >= 15 is 0 Å². The van der Waals surface area contributed by atoms with E-state index in [2.05, 4.69) is 0 Å². The molecule has 0 aliphatic carbocycles. The predicted molar refractivity (Wildman–Crippen MR) is 140 cm³/mol. The molecule has 1 rings (SSSR count). The Balaban J connectivity index is 2.91. The van der Waals surface area contributed by atoms with Crippen molar-refractivity contribution in [3.8, 4) is 11.5 Å². The molecular formula is C27H41NO11. The first-order chi connectivity index (χ1) is 17.6. The predicted octanol–water partition coefficient (Wildman–Crippen LogP) is 5.07. The molecule has 2 N–H and O–H groups in total. The third kappa shape index (κ3) is 14.8. The molecule has 39 heavy (non-hydrogen) atoms. The second kappa shape index (κ2) is 13.5. The number of ether oxygens (including phenoxy) is 7. The van der Waals surface area contributed by atoms with E-state index < -0.39 is 53.4 Å². The van der Waals surface area contributed by atoms with Gasteiger partial charge in [0.1, 0.15) is 35.6 Å². The lowest BCUT2D eigenvalue weighted by Gasteiger charge is -2.21. The summed E-state index contributed by atoms with van der Waals surface area (Å²) in [6, 6.07) is 3.17. The molecule has 0 spiro atoms. The minimum Gasteiger partial charge on any atom is -0.461 e. The second-order valence-electron chi connectivity index (χ2n) is 11.7. The van der Waals surface area contributed by atoms with Gasteiger partial charge in [-0.15, -0.1) is 0 Å². The first-order valence-corrected chi connectivity index (χ1v) is 12.4. The van der Waals surface area contributed by atoms with Gasteiger partial charge in [-0.05, 0) is 93.4 Å². The fraction of sp³-hybridized carbons (Fsp3) is 0.630. The highest BCUT2D eigenvalue weighted by Crippen LogP contribution is 2.31. The van der Waals surface area contributed by atoms with Crippen molar-refractivity contribution in [2.75, 3.05) is 6.61 Å². The van der Waals surface area contributed by atoms with Crippen LogP contribution < -0.4 is 15.2 Å². The molecule has 12 nitrogen and oxygen atoms in total. The van der Waals surface area contributed by atoms with Crippen LogP contribution in [0.25, 0.3) is 0 Å². The lowest BCUT2D eigenvalue weighted by molar-refractivity contribution is -0.148. The SMILES string of the molecule is C[C@@H](COC(=O)[C@@H](N)Cc1ccc(OC(=O)OC(C)(C)C)c(OC(=O)OC(C)(C)C)c1)OC(=O)OC(C)(C)C. The molecule has 0 fully saturated rings. The van der Waals surface area contributed by atoms with Crippen LogP contribution in [0.4, 0.5) is 14.4 Å². The first kappa shape index (κ1) is 33.5. The third-order valence-electron chi connectivity index (χ3n) is 4.08. The summed E-state index contributed by atoms with van der Waals surface area (Å²) in [5, 5.41) is 0. The molecule has 0 aromatic heterocycles. The van der Waals surface area contributed by atoms with E-state index in [9.17, 15) is 19.2 Å². The summed E-state index contributed by atoms with van der Waals surface area (Å²) >= 11 is 0. The highest BCUT2D eigenvalue weighted by Gasteiger charge is 2.25. The molecule has 0 amide bonds. The summed E-state index contributed by atoms with van der Waals surface area (Å²) < 4.78 is 36.1. The fourth-order valence-electron chi connectivity index (χ4n) is 2.68. The monoisotopic (exact) mass is 555 g/mol. The van der Waals surface area contributed by atoms with Crippen LogP contribution in [0.1, 0.15) is 74.8 Å². The topological polar surface area (TPSA) is 159 Å². The Hall–Kier alpha value is -3.54. The van der Waals surface area contributed by atoms with Gasteiger partial charge in [-0.2, -0.15) is 0 Å². The van der Waals surface area contributed by atoms with Crippen molar-refractivity contribution < 1.29 is 52.3 Å². The smallest absolute Gasteiger partial charge is 0.461 e. The number of benzene rings is 1. The maximum atomic E-state index is 12.4. The summed E-state index contributed by atoms with van der Waals surface area (Å²) in [7, 11) is 0. The number of carbonyl (C=O) groups excluding carboxylic acids is 4. The summed E-state index contributed by atoms with van der Waals surface area (Å²) in [4.78, 5) is 48.6. The number of hydrogen-bond acceptors (Lipinski definition) is 12. The number of hydrogen-bond donors (Lipinski definition) is 1. The molecule has 1 aromatic rings. The summed E-state index contributed by atoms with van der Waals surface area (Å²) in [5.41, 5.74) is 4.09. The molecular weight excluding hydrogens is 514 g/mol. The maximum Gasteiger partial charge on any atom is 0.514 e. The quantitative estimate of drug-likeness (QED) is 0.258. The number of carbonyl (C=O) groups is 4. The molecule has 0 radical (unpaired) electrons. The Morgan fingerprint density at radius 1 is 0.744 bits per heavy atom. The van der Waals surface area contributed by atoms with Gasteiger partial charge >= 0.3 is 24.4 Å². The van der Waals surface area contributed by atoms with Crippen molar-refractivity contribution >= 4 is 24.4 Å². The summed E-state index contributed by atoms with van der Waals surface area (Å²) in [6.07, 6.45) is -3.71. The van der Waals surface area contributed by atoms with E-state index in [-0.39, 0.29) is 24.5 Å². The average Bonchev–Trinajstić information content (AvgIpc) is 2.69. The van der Waals surface area contributed by atoms with Crippen molar-refractivity contribution in [1.29, 1.82) is 0 Å². The van der Waals surface area contributed by atoms with E-state index in [1.807, 2.05) is 0 Å². The highest BCUT2D eigenvalue weighted by atomic mass is 16.8. The van der Waals surface area contributed by atoms with Gasteiger partial charge in [-0.3, -0.25) is 4.79 Å². The first-order valence-electron chi connectivity index (χ1n) is 12.4. The molecule has 0 heterocycles. The van der Waals surface area contributed by atoms with Crippen molar-refractivity contribution in [2.24, 2.45) is 5.73 Å². The maximum absolute atomic E-state index is 12.4. The summed E-state index contributed by atoms with van der Waals surface area (Å²) in [5.74, 6) is -1.01. The van der Waals surface area contributed by atoms with E-state index in [0.29, 0.717) is 5.56 Å². The van der Waals surface area contributed by atoms with Crippen LogP contribution in [-0.4, -0.2) is 60.0 Å². The van der Waals surface area contributed by atoms with Gasteiger partial charge in [0.05, 0.1) is 0 Å². The van der Waals surface area contributed by atoms with Crippen molar-refractivity contribution in [1.82, 2.24) is 0 Å². The number of rotatable bonds is 8. The molecule has 2 atom stereocenters. The molecule has 220 valence electrons. The number of esters is 1. The van der Waals surface area contributed by atoms with Crippen LogP contribution in [0, 0.1) is 0 Å². The van der Waals surface area contributed by atoms with Gasteiger partial charge in [-0.1, -0.05) is 6.07 Å². The van der Waals surface area contributed by atoms with E-state index in [0.717, 1.165) is 0 Å². The molecule has 0 bridgehead atoms. The van der Waals surface area contributed by atoms with Gasteiger partial charge < -0.3 is 38.9 Å². The van der Waals surface area contributed by atoms with Crippen molar-refractivity contribution in [2.45, 2.75) is 105 Å². The van der Waals surface area contributed by atoms with Crippen LogP contribution in [-0.2, 0) is 34.9 Å². The normalized spacial score (nSPS) is 13.4. The minimum atomic E-state index is -1.11. The lowest BCUT2D eigenvalue weighted by Crippen LogP contribution is -2.36. The largest absolute Gasteiger partial charge is 0.514 e. The van der Waals surface area contributed by atoms with E-state index in [4.69, 9.17) is 38.9 Å². The van der Waals surface area contributed by atoms with Gasteiger partial charge in [-0.25, -0.2) is 14.4 Å². The zero-order valence-corrected chi connectivity index (χ0v) is 24.4. The van der Waals surface area contributed by atoms with E-state index in [1.165, 1.54) is 25.1 Å². The van der Waals surface area contributed by atoms with Gasteiger partial charge in [0, 0.05) is 0 Å². The van der Waals surface area contributed by atoms with Crippen LogP contribution in [0.15, 0.2) is 18.2 Å². The summed E-state index contributed by atoms with van der Waals surface area (Å²) in [6.45, 7) is 16.4. The zero-order valence-electron chi connectivity index (χ0n) is 24.4. The third-order valence-corrected chi connectivity index (χ3v) is 4.08. The molecule has 0 unspecified atom stereocenters. The second-order valence-corrected chi connectivity index (χ2v) is 11.7. The average molecular weight is 556 g/mol. The zero-order chi connectivity index (χ0) is 30.2. The van der Waals surface area contributed by atoms with Gasteiger partial charge in [0.25, 0.3) is 0 Å². The fourth-order valence-corrected chi connectivity index (χ4v) is 2.68. The van der Waals surface area contributed by atoms with Crippen LogP contribution in [0.3, 0.4) is 0 Å². The Bertz CT molecular complexity index is 1020. The Morgan fingerprint density at radius 2 is 1.21 bits per heavy atom. The van der Waals surface area contributed by atoms with Gasteiger partial charge in [0.15, 0.2) is 11.5 Å². The van der Waals surface area contributed by atoms with Crippen LogP contribution >= 0.6 is 0 Å². The molecule has 0 saturated carbocycles. The van der Waals surface area contributed by atoms with Crippen molar-refractivity contribution in [3.63, 3.8) is 0 Å². The van der Waals surface area contributed by atoms with Crippen LogP contribution in [0.5, 0.6) is 11.5 Å². The Kier molecular flexibility index (Phi) is 11.6. The standard InChI is InChI=1S/C27H41NO11/c1-16(34-22(30)37-25(2,3)4)15-33-21(29)18(28)13-17-11-12-19(35-23(31)38-26(5,6)7)20(14-17)36-24(32)39-27(8,9)10/h11-12,14,16,18H,13,15,28H2,1-10H3/t16-,18-/m0/s1. The molecule has 0 aliphatic rings. The molecule has 12 heteroatoms.